The summed E-state index contributed by atoms with van der Waals surface area (Å²) in [6, 6.07) is 7.85. The van der Waals surface area contributed by atoms with E-state index in [0.717, 1.165) is 17.2 Å². The second kappa shape index (κ2) is 7.54. The summed E-state index contributed by atoms with van der Waals surface area (Å²) in [5.41, 5.74) is 0. The molecule has 0 aliphatic rings. The summed E-state index contributed by atoms with van der Waals surface area (Å²) in [6.07, 6.45) is -0.324. The van der Waals surface area contributed by atoms with E-state index >= 15 is 0 Å². The van der Waals surface area contributed by atoms with Crippen LogP contribution in [0.3, 0.4) is 0 Å². The second-order valence-corrected chi connectivity index (χ2v) is 4.49. The van der Waals surface area contributed by atoms with Gasteiger partial charge in [0.1, 0.15) is 5.75 Å². The Kier molecular flexibility index (Phi) is 6.30. The van der Waals surface area contributed by atoms with Crippen molar-refractivity contribution in [3.8, 4) is 5.75 Å². The van der Waals surface area contributed by atoms with Gasteiger partial charge in [-0.25, -0.2) is 0 Å². The molecule has 0 spiro atoms. The number of nitrogens with one attached hydrogen (secondary N) is 1. The number of hydrogen-bond acceptors (Lipinski definition) is 4. The molecule has 0 radical (unpaired) electrons. The average molecular weight is 241 g/mol. The summed E-state index contributed by atoms with van der Waals surface area (Å²) >= 11 is 1.62. The molecule has 0 fully saturated rings. The molecule has 1 aromatic rings. The summed E-state index contributed by atoms with van der Waals surface area (Å²) in [5, 5.41) is 12.8. The topological polar surface area (TPSA) is 41.5 Å². The molecule has 0 bridgehead atoms. The number of benzene rings is 1. The number of likely N-dealkylation sites (N-methyl/N-ethyl adjacent to an activating group) is 1. The lowest BCUT2D eigenvalue weighted by Gasteiger charge is -2.12. The van der Waals surface area contributed by atoms with E-state index in [1.165, 1.54) is 0 Å². The van der Waals surface area contributed by atoms with Crippen LogP contribution in [-0.4, -0.2) is 37.2 Å². The molecule has 1 aromatic carbocycles. The number of hydrogen-bond donors (Lipinski definition) is 2. The van der Waals surface area contributed by atoms with E-state index in [4.69, 9.17) is 4.74 Å². The van der Waals surface area contributed by atoms with Crippen molar-refractivity contribution in [3.05, 3.63) is 24.3 Å². The summed E-state index contributed by atoms with van der Waals surface area (Å²) in [6.45, 7) is 3.55. The lowest BCUT2D eigenvalue weighted by molar-refractivity contribution is 0.197. The van der Waals surface area contributed by atoms with Gasteiger partial charge in [0.25, 0.3) is 0 Å². The van der Waals surface area contributed by atoms with Crippen molar-refractivity contribution in [3.63, 3.8) is 0 Å². The predicted octanol–water partition coefficient (Wildman–Crippen LogP) is 1.76. The van der Waals surface area contributed by atoms with Crippen LogP contribution >= 0.6 is 11.8 Å². The van der Waals surface area contributed by atoms with Crippen LogP contribution in [0.2, 0.25) is 0 Å². The second-order valence-electron chi connectivity index (χ2n) is 3.42. The van der Waals surface area contributed by atoms with Crippen molar-refractivity contribution in [1.82, 2.24) is 5.32 Å². The molecule has 0 saturated carbocycles. The fourth-order valence-corrected chi connectivity index (χ4v) is 2.25. The Labute approximate surface area is 101 Å². The Morgan fingerprint density at radius 1 is 1.44 bits per heavy atom. The van der Waals surface area contributed by atoms with E-state index in [-0.39, 0.29) is 6.10 Å². The zero-order valence-electron chi connectivity index (χ0n) is 9.77. The van der Waals surface area contributed by atoms with Gasteiger partial charge < -0.3 is 15.2 Å². The zero-order chi connectivity index (χ0) is 11.8. The van der Waals surface area contributed by atoms with Crippen molar-refractivity contribution in [2.24, 2.45) is 0 Å². The first-order valence-electron chi connectivity index (χ1n) is 5.42. The van der Waals surface area contributed by atoms with Crippen LogP contribution in [0.25, 0.3) is 0 Å². The highest BCUT2D eigenvalue weighted by atomic mass is 32.2. The highest BCUT2D eigenvalue weighted by Crippen LogP contribution is 2.28. The van der Waals surface area contributed by atoms with Crippen LogP contribution in [0.5, 0.6) is 5.75 Å². The van der Waals surface area contributed by atoms with Crippen molar-refractivity contribution in [2.75, 3.05) is 26.0 Å². The fourth-order valence-electron chi connectivity index (χ4n) is 1.29. The van der Waals surface area contributed by atoms with Crippen LogP contribution in [-0.2, 0) is 0 Å². The van der Waals surface area contributed by atoms with Gasteiger partial charge in [-0.3, -0.25) is 0 Å². The minimum Gasteiger partial charge on any atom is -0.496 e. The van der Waals surface area contributed by atoms with E-state index in [1.54, 1.807) is 18.9 Å². The van der Waals surface area contributed by atoms with E-state index in [0.29, 0.717) is 12.3 Å². The maximum atomic E-state index is 9.68. The molecule has 1 rings (SSSR count). The summed E-state index contributed by atoms with van der Waals surface area (Å²) in [4.78, 5) is 1.07. The number of aliphatic hydroxyl groups is 1. The molecule has 90 valence electrons. The molecule has 4 heteroatoms. The van der Waals surface area contributed by atoms with Crippen LogP contribution in [0, 0.1) is 0 Å². The predicted molar refractivity (Wildman–Crippen MR) is 68.3 cm³/mol. The summed E-state index contributed by atoms with van der Waals surface area (Å²) < 4.78 is 5.24. The highest BCUT2D eigenvalue weighted by molar-refractivity contribution is 7.99. The van der Waals surface area contributed by atoms with Gasteiger partial charge in [-0.2, -0.15) is 0 Å². The number of methoxy groups -OCH3 is 1. The maximum Gasteiger partial charge on any atom is 0.132 e. The summed E-state index contributed by atoms with van der Waals surface area (Å²) in [7, 11) is 1.66. The molecule has 0 aliphatic carbocycles. The Bertz CT molecular complexity index is 307. The maximum absolute atomic E-state index is 9.68. The molecular weight excluding hydrogens is 222 g/mol. The lowest BCUT2D eigenvalue weighted by atomic mass is 10.3. The first-order chi connectivity index (χ1) is 7.77. The lowest BCUT2D eigenvalue weighted by Crippen LogP contribution is -2.28. The van der Waals surface area contributed by atoms with Gasteiger partial charge in [-0.1, -0.05) is 19.1 Å². The van der Waals surface area contributed by atoms with Crippen LogP contribution in [0.1, 0.15) is 6.92 Å². The van der Waals surface area contributed by atoms with Gasteiger partial charge in [0.05, 0.1) is 13.2 Å². The molecule has 1 atom stereocenters. The minimum absolute atomic E-state index is 0.324. The van der Waals surface area contributed by atoms with Crippen molar-refractivity contribution in [2.45, 2.75) is 17.9 Å². The van der Waals surface area contributed by atoms with Gasteiger partial charge >= 0.3 is 0 Å². The Morgan fingerprint density at radius 2 is 2.19 bits per heavy atom. The van der Waals surface area contributed by atoms with Crippen molar-refractivity contribution >= 4 is 11.8 Å². The Balaban J connectivity index is 2.41. The average Bonchev–Trinajstić information content (AvgIpc) is 2.34. The van der Waals surface area contributed by atoms with Gasteiger partial charge in [-0.05, 0) is 18.7 Å². The molecule has 0 amide bonds. The van der Waals surface area contributed by atoms with Crippen LogP contribution in [0.4, 0.5) is 0 Å². The summed E-state index contributed by atoms with van der Waals surface area (Å²) in [5.74, 6) is 1.54. The molecule has 0 saturated heterocycles. The van der Waals surface area contributed by atoms with Gasteiger partial charge in [0, 0.05) is 17.2 Å². The third kappa shape index (κ3) is 4.43. The molecular formula is C12H19NO2S. The van der Waals surface area contributed by atoms with Crippen LogP contribution < -0.4 is 10.1 Å². The number of thioether (sulfide) groups is 1. The normalized spacial score (nSPS) is 12.4. The molecule has 16 heavy (non-hydrogen) atoms. The standard InChI is InChI=1S/C12H19NO2S/c1-3-13-8-10(14)9-16-12-7-5-4-6-11(12)15-2/h4-7,10,13-14H,3,8-9H2,1-2H3. The van der Waals surface area contributed by atoms with Crippen molar-refractivity contribution in [1.29, 1.82) is 0 Å². The molecule has 3 nitrogen and oxygen atoms in total. The highest BCUT2D eigenvalue weighted by Gasteiger charge is 2.07. The SMILES string of the molecule is CCNCC(O)CSc1ccccc1OC. The number of para-hydroxylation sites is 1. The fraction of sp³-hybridized carbons (Fsp3) is 0.500. The minimum atomic E-state index is -0.324. The van der Waals surface area contributed by atoms with E-state index in [9.17, 15) is 5.11 Å². The van der Waals surface area contributed by atoms with Crippen LogP contribution in [0.15, 0.2) is 29.2 Å². The van der Waals surface area contributed by atoms with Gasteiger partial charge in [0.2, 0.25) is 0 Å². The third-order valence-electron chi connectivity index (χ3n) is 2.13. The molecule has 0 aromatic heterocycles. The number of rotatable bonds is 7. The first kappa shape index (κ1) is 13.4. The van der Waals surface area contributed by atoms with Gasteiger partial charge in [0.15, 0.2) is 0 Å². The number of aliphatic hydroxyl groups excluding tert-OH is 1. The van der Waals surface area contributed by atoms with E-state index < -0.39 is 0 Å². The monoisotopic (exact) mass is 241 g/mol. The van der Waals surface area contributed by atoms with Gasteiger partial charge in [-0.15, -0.1) is 11.8 Å². The molecule has 2 N–H and O–H groups in total. The first-order valence-corrected chi connectivity index (χ1v) is 6.41. The van der Waals surface area contributed by atoms with E-state index in [2.05, 4.69) is 5.32 Å². The Hall–Kier alpha value is -0.710. The number of ether oxygens (including phenoxy) is 1. The molecule has 0 heterocycles. The Morgan fingerprint density at radius 3 is 2.88 bits per heavy atom. The zero-order valence-corrected chi connectivity index (χ0v) is 10.6. The third-order valence-corrected chi connectivity index (χ3v) is 3.33. The van der Waals surface area contributed by atoms with E-state index in [1.807, 2.05) is 31.2 Å². The smallest absolute Gasteiger partial charge is 0.132 e. The quantitative estimate of drug-likeness (QED) is 0.714. The molecule has 0 aliphatic heterocycles. The largest absolute Gasteiger partial charge is 0.496 e. The van der Waals surface area contributed by atoms with Crippen molar-refractivity contribution < 1.29 is 9.84 Å². The molecule has 1 unspecified atom stereocenters.